The second-order valence-electron chi connectivity index (χ2n) is 5.54. The molecule has 2 aromatic carbocycles. The summed E-state index contributed by atoms with van der Waals surface area (Å²) in [6.07, 6.45) is 1.50. The van der Waals surface area contributed by atoms with Gasteiger partial charge in [0.15, 0.2) is 17.3 Å². The molecule has 25 heavy (non-hydrogen) atoms. The van der Waals surface area contributed by atoms with Crippen LogP contribution in [-0.4, -0.2) is 31.0 Å². The third-order valence-corrected chi connectivity index (χ3v) is 3.81. The molecule has 1 aromatic heterocycles. The molecule has 0 aliphatic heterocycles. The number of nitrogens with zero attached hydrogens (tertiary/aromatic N) is 1. The van der Waals surface area contributed by atoms with Crippen molar-refractivity contribution in [3.8, 4) is 16.9 Å². The van der Waals surface area contributed by atoms with Crippen molar-refractivity contribution in [2.45, 2.75) is 0 Å². The van der Waals surface area contributed by atoms with Crippen LogP contribution >= 0.6 is 0 Å². The van der Waals surface area contributed by atoms with E-state index in [1.54, 1.807) is 31.3 Å². The van der Waals surface area contributed by atoms with Gasteiger partial charge < -0.3 is 14.1 Å². The quantitative estimate of drug-likeness (QED) is 0.675. The summed E-state index contributed by atoms with van der Waals surface area (Å²) in [7, 11) is 1.66. The van der Waals surface area contributed by atoms with Gasteiger partial charge >= 0.3 is 0 Å². The molecule has 4 nitrogen and oxygen atoms in total. The predicted octanol–water partition coefficient (Wildman–Crippen LogP) is 4.24. The van der Waals surface area contributed by atoms with Crippen LogP contribution in [0, 0.1) is 5.82 Å². The Morgan fingerprint density at radius 2 is 1.80 bits per heavy atom. The van der Waals surface area contributed by atoms with E-state index in [0.29, 0.717) is 6.54 Å². The first-order valence-electron chi connectivity index (χ1n) is 7.92. The largest absolute Gasteiger partial charge is 0.489 e. The average molecular weight is 339 g/mol. The average Bonchev–Trinajstić information content (AvgIpc) is 3.13. The van der Waals surface area contributed by atoms with Gasteiger partial charge in [-0.2, -0.15) is 0 Å². The van der Waals surface area contributed by atoms with Gasteiger partial charge in [0.1, 0.15) is 6.61 Å². The first-order chi connectivity index (χ1) is 12.2. The Bertz CT molecular complexity index is 845. The number of furan rings is 1. The van der Waals surface area contributed by atoms with Crippen LogP contribution in [0.3, 0.4) is 0 Å². The number of carbonyl (C=O) groups is 1. The van der Waals surface area contributed by atoms with Crippen molar-refractivity contribution in [3.05, 3.63) is 78.5 Å². The number of hydrogen-bond donors (Lipinski definition) is 0. The van der Waals surface area contributed by atoms with Gasteiger partial charge in [-0.3, -0.25) is 4.79 Å². The zero-order valence-electron chi connectivity index (χ0n) is 13.8. The van der Waals surface area contributed by atoms with E-state index in [9.17, 15) is 9.18 Å². The lowest BCUT2D eigenvalue weighted by Crippen LogP contribution is -2.31. The third kappa shape index (κ3) is 3.88. The number of amides is 1. The van der Waals surface area contributed by atoms with Gasteiger partial charge in [-0.25, -0.2) is 4.39 Å². The zero-order chi connectivity index (χ0) is 17.6. The molecule has 1 heterocycles. The molecule has 0 saturated heterocycles. The molecule has 0 radical (unpaired) electrons. The van der Waals surface area contributed by atoms with E-state index in [4.69, 9.17) is 9.15 Å². The summed E-state index contributed by atoms with van der Waals surface area (Å²) in [5.74, 6) is -0.222. The highest BCUT2D eigenvalue weighted by molar-refractivity contribution is 5.98. The molecule has 0 atom stereocenters. The molecule has 0 spiro atoms. The van der Waals surface area contributed by atoms with Crippen LogP contribution in [0.5, 0.6) is 5.75 Å². The molecule has 0 unspecified atom stereocenters. The molecule has 0 saturated carbocycles. The summed E-state index contributed by atoms with van der Waals surface area (Å²) in [5.41, 5.74) is 1.66. The zero-order valence-corrected chi connectivity index (χ0v) is 13.8. The summed E-state index contributed by atoms with van der Waals surface area (Å²) in [6.45, 7) is 0.493. The summed E-state index contributed by atoms with van der Waals surface area (Å²) >= 11 is 0. The first kappa shape index (κ1) is 16.8. The van der Waals surface area contributed by atoms with Crippen LogP contribution < -0.4 is 4.74 Å². The minimum atomic E-state index is -0.422. The van der Waals surface area contributed by atoms with Gasteiger partial charge in [0.25, 0.3) is 5.91 Å². The van der Waals surface area contributed by atoms with Crippen LogP contribution in [0.15, 0.2) is 71.3 Å². The fourth-order valence-electron chi connectivity index (χ4n) is 2.45. The van der Waals surface area contributed by atoms with E-state index in [1.807, 2.05) is 30.3 Å². The highest BCUT2D eigenvalue weighted by Gasteiger charge is 2.20. The number of benzene rings is 2. The molecule has 3 rings (SSSR count). The van der Waals surface area contributed by atoms with Crippen LogP contribution in [0.4, 0.5) is 4.39 Å². The van der Waals surface area contributed by atoms with Gasteiger partial charge in [-0.1, -0.05) is 42.5 Å². The number of rotatable bonds is 6. The highest BCUT2D eigenvalue weighted by atomic mass is 19.1. The predicted molar refractivity (Wildman–Crippen MR) is 93.0 cm³/mol. The van der Waals surface area contributed by atoms with Crippen molar-refractivity contribution in [2.24, 2.45) is 0 Å². The second kappa shape index (κ2) is 7.66. The molecule has 1 amide bonds. The molecule has 5 heteroatoms. The molecule has 0 N–H and O–H groups in total. The molecular formula is C20H18FNO3. The van der Waals surface area contributed by atoms with E-state index in [-0.39, 0.29) is 24.0 Å². The number of carbonyl (C=O) groups excluding carboxylic acids is 1. The van der Waals surface area contributed by atoms with E-state index < -0.39 is 5.82 Å². The Hall–Kier alpha value is -3.08. The minimum absolute atomic E-state index is 0.173. The van der Waals surface area contributed by atoms with Gasteiger partial charge in [0, 0.05) is 12.6 Å². The van der Waals surface area contributed by atoms with Crippen LogP contribution in [-0.2, 0) is 0 Å². The van der Waals surface area contributed by atoms with Crippen molar-refractivity contribution in [1.82, 2.24) is 4.90 Å². The monoisotopic (exact) mass is 339 g/mol. The summed E-state index contributed by atoms with van der Waals surface area (Å²) in [5, 5.41) is 0. The highest BCUT2D eigenvalue weighted by Crippen LogP contribution is 2.25. The van der Waals surface area contributed by atoms with Gasteiger partial charge in [0.05, 0.1) is 12.8 Å². The van der Waals surface area contributed by atoms with Crippen LogP contribution in [0.2, 0.25) is 0 Å². The number of likely N-dealkylation sites (N-methyl/N-ethyl adjacent to an activating group) is 1. The van der Waals surface area contributed by atoms with Gasteiger partial charge in [0.2, 0.25) is 0 Å². The van der Waals surface area contributed by atoms with Gasteiger partial charge in [-0.05, 0) is 23.8 Å². The normalized spacial score (nSPS) is 10.5. The Morgan fingerprint density at radius 3 is 2.56 bits per heavy atom. The SMILES string of the molecule is CN(CCOc1ccccc1F)C(=O)c1occc1-c1ccccc1. The van der Waals surface area contributed by atoms with Crippen LogP contribution in [0.25, 0.3) is 11.1 Å². The topological polar surface area (TPSA) is 42.7 Å². The van der Waals surface area contributed by atoms with Crippen LogP contribution in [0.1, 0.15) is 10.6 Å². The van der Waals surface area contributed by atoms with Crippen molar-refractivity contribution in [3.63, 3.8) is 0 Å². The van der Waals surface area contributed by atoms with E-state index in [2.05, 4.69) is 0 Å². The Morgan fingerprint density at radius 1 is 1.08 bits per heavy atom. The molecule has 0 fully saturated rings. The molecule has 0 bridgehead atoms. The smallest absolute Gasteiger partial charge is 0.290 e. The van der Waals surface area contributed by atoms with Crippen molar-refractivity contribution >= 4 is 5.91 Å². The third-order valence-electron chi connectivity index (χ3n) is 3.81. The Kier molecular flexibility index (Phi) is 5.14. The molecule has 128 valence electrons. The lowest BCUT2D eigenvalue weighted by molar-refractivity contribution is 0.0742. The van der Waals surface area contributed by atoms with E-state index in [1.165, 1.54) is 17.2 Å². The van der Waals surface area contributed by atoms with Crippen molar-refractivity contribution < 1.29 is 18.3 Å². The van der Waals surface area contributed by atoms with Crippen molar-refractivity contribution in [1.29, 1.82) is 0 Å². The maximum atomic E-state index is 13.5. The molecule has 0 aliphatic rings. The number of ether oxygens (including phenoxy) is 1. The van der Waals surface area contributed by atoms with E-state index >= 15 is 0 Å². The second-order valence-corrected chi connectivity index (χ2v) is 5.54. The summed E-state index contributed by atoms with van der Waals surface area (Å²) in [6, 6.07) is 17.5. The molecule has 3 aromatic rings. The lowest BCUT2D eigenvalue weighted by atomic mass is 10.1. The fourth-order valence-corrected chi connectivity index (χ4v) is 2.45. The summed E-state index contributed by atoms with van der Waals surface area (Å²) < 4.78 is 24.3. The maximum Gasteiger partial charge on any atom is 0.290 e. The van der Waals surface area contributed by atoms with E-state index in [0.717, 1.165) is 11.1 Å². The number of para-hydroxylation sites is 1. The lowest BCUT2D eigenvalue weighted by Gasteiger charge is -2.17. The first-order valence-corrected chi connectivity index (χ1v) is 7.92. The Balaban J connectivity index is 1.64. The molecular weight excluding hydrogens is 321 g/mol. The Labute approximate surface area is 145 Å². The number of halogens is 1. The standard InChI is InChI=1S/C20H18FNO3/c1-22(12-14-24-18-10-6-5-9-17(18)21)20(23)19-16(11-13-25-19)15-7-3-2-4-8-15/h2-11,13H,12,14H2,1H3. The van der Waals surface area contributed by atoms with Gasteiger partial charge in [-0.15, -0.1) is 0 Å². The maximum absolute atomic E-state index is 13.5. The molecule has 0 aliphatic carbocycles. The minimum Gasteiger partial charge on any atom is -0.489 e. The fraction of sp³-hybridized carbons (Fsp3) is 0.150. The summed E-state index contributed by atoms with van der Waals surface area (Å²) in [4.78, 5) is 14.1. The number of hydrogen-bond acceptors (Lipinski definition) is 3. The van der Waals surface area contributed by atoms with Crippen molar-refractivity contribution in [2.75, 3.05) is 20.2 Å².